The molecule has 166 valence electrons. The van der Waals surface area contributed by atoms with Gasteiger partial charge in [0.15, 0.2) is 0 Å². The van der Waals surface area contributed by atoms with E-state index in [2.05, 4.69) is 10.6 Å². The van der Waals surface area contributed by atoms with Crippen molar-refractivity contribution in [2.45, 2.75) is 51.0 Å². The Morgan fingerprint density at radius 3 is 2.45 bits per heavy atom. The molecule has 2 aromatic rings. The third-order valence-electron chi connectivity index (χ3n) is 5.75. The van der Waals surface area contributed by atoms with Crippen molar-refractivity contribution in [1.29, 1.82) is 0 Å². The van der Waals surface area contributed by atoms with Crippen molar-refractivity contribution in [3.05, 3.63) is 59.2 Å². The lowest BCUT2D eigenvalue weighted by Crippen LogP contribution is -2.41. The average Bonchev–Trinajstić information content (AvgIpc) is 2.75. The number of carbonyl (C=O) groups is 2. The first-order chi connectivity index (χ1) is 14.7. The molecule has 31 heavy (non-hydrogen) atoms. The summed E-state index contributed by atoms with van der Waals surface area (Å²) in [5.41, 5.74) is 3.05. The molecule has 2 N–H and O–H groups in total. The molecule has 7 nitrogen and oxygen atoms in total. The van der Waals surface area contributed by atoms with Crippen LogP contribution in [0, 0.1) is 13.8 Å². The molecule has 2 aromatic carbocycles. The van der Waals surface area contributed by atoms with Gasteiger partial charge in [0.2, 0.25) is 15.9 Å². The molecule has 0 unspecified atom stereocenters. The molecule has 2 amide bonds. The molecular formula is C23H29N3O4S. The van der Waals surface area contributed by atoms with Crippen molar-refractivity contribution in [3.63, 3.8) is 0 Å². The van der Waals surface area contributed by atoms with Crippen molar-refractivity contribution in [2.75, 3.05) is 18.4 Å². The Bertz CT molecular complexity index is 1060. The first-order valence-electron chi connectivity index (χ1n) is 10.5. The zero-order valence-corrected chi connectivity index (χ0v) is 19.0. The van der Waals surface area contributed by atoms with Crippen LogP contribution in [0.2, 0.25) is 0 Å². The highest BCUT2D eigenvalue weighted by molar-refractivity contribution is 7.89. The van der Waals surface area contributed by atoms with Crippen LogP contribution in [0.3, 0.4) is 0 Å². The zero-order chi connectivity index (χ0) is 22.6. The molecule has 0 aliphatic carbocycles. The average molecular weight is 444 g/mol. The molecule has 0 spiro atoms. The van der Waals surface area contributed by atoms with Gasteiger partial charge in [-0.25, -0.2) is 8.42 Å². The maximum atomic E-state index is 12.9. The van der Waals surface area contributed by atoms with E-state index in [9.17, 15) is 18.0 Å². The van der Waals surface area contributed by atoms with Gasteiger partial charge in [0, 0.05) is 23.8 Å². The summed E-state index contributed by atoms with van der Waals surface area (Å²) in [5.74, 6) is -0.772. The molecule has 1 aliphatic heterocycles. The van der Waals surface area contributed by atoms with E-state index >= 15 is 0 Å². The molecule has 0 radical (unpaired) electrons. The number of benzene rings is 2. The van der Waals surface area contributed by atoms with E-state index in [-0.39, 0.29) is 23.4 Å². The van der Waals surface area contributed by atoms with Crippen LogP contribution in [0.5, 0.6) is 0 Å². The van der Waals surface area contributed by atoms with E-state index in [1.165, 1.54) is 28.6 Å². The number of hydrogen-bond donors (Lipinski definition) is 2. The van der Waals surface area contributed by atoms with Crippen LogP contribution in [-0.2, 0) is 14.8 Å². The quantitative estimate of drug-likeness (QED) is 0.716. The van der Waals surface area contributed by atoms with Crippen LogP contribution < -0.4 is 10.6 Å². The van der Waals surface area contributed by atoms with Gasteiger partial charge in [-0.2, -0.15) is 4.31 Å². The fourth-order valence-corrected chi connectivity index (χ4v) is 5.39. The standard InChI is InChI=1S/C23H29N3O4S/c1-16-7-6-9-21(18(16)3)25-22(27)15-24-23(28)19-10-12-20(13-11-19)31(29,30)26-14-5-4-8-17(26)2/h6-7,9-13,17H,4-5,8,14-15H2,1-3H3,(H,24,28)(H,25,27)/t17-/m0/s1. The minimum absolute atomic E-state index is 0.0303. The number of amides is 2. The third-order valence-corrected chi connectivity index (χ3v) is 7.78. The minimum atomic E-state index is -3.58. The number of anilines is 1. The second kappa shape index (κ2) is 9.62. The molecule has 8 heteroatoms. The van der Waals surface area contributed by atoms with Crippen LogP contribution in [0.15, 0.2) is 47.4 Å². The summed E-state index contributed by atoms with van der Waals surface area (Å²) in [6, 6.07) is 11.4. The third kappa shape index (κ3) is 5.32. The van der Waals surface area contributed by atoms with Crippen molar-refractivity contribution >= 4 is 27.5 Å². The molecule has 1 heterocycles. The second-order valence-corrected chi connectivity index (χ2v) is 9.85. The van der Waals surface area contributed by atoms with Crippen molar-refractivity contribution in [3.8, 4) is 0 Å². The maximum absolute atomic E-state index is 12.9. The lowest BCUT2D eigenvalue weighted by molar-refractivity contribution is -0.115. The van der Waals surface area contributed by atoms with Gasteiger partial charge in [0.25, 0.3) is 5.91 Å². The normalized spacial score (nSPS) is 17.2. The molecule has 1 saturated heterocycles. The fraction of sp³-hybridized carbons (Fsp3) is 0.391. The first-order valence-corrected chi connectivity index (χ1v) is 11.9. The maximum Gasteiger partial charge on any atom is 0.251 e. The molecule has 3 rings (SSSR count). The summed E-state index contributed by atoms with van der Waals surface area (Å²) in [4.78, 5) is 24.8. The summed E-state index contributed by atoms with van der Waals surface area (Å²) >= 11 is 0. The van der Waals surface area contributed by atoms with Crippen LogP contribution >= 0.6 is 0 Å². The molecule has 0 saturated carbocycles. The highest BCUT2D eigenvalue weighted by Gasteiger charge is 2.30. The summed E-state index contributed by atoms with van der Waals surface area (Å²) in [7, 11) is -3.58. The molecule has 0 aromatic heterocycles. The number of nitrogens with one attached hydrogen (secondary N) is 2. The largest absolute Gasteiger partial charge is 0.343 e. The molecular weight excluding hydrogens is 414 g/mol. The Kier molecular flexibility index (Phi) is 7.12. The van der Waals surface area contributed by atoms with Crippen LogP contribution in [-0.4, -0.2) is 43.7 Å². The fourth-order valence-electron chi connectivity index (χ4n) is 3.69. The lowest BCUT2D eigenvalue weighted by atomic mass is 10.1. The van der Waals surface area contributed by atoms with E-state index in [1.54, 1.807) is 0 Å². The SMILES string of the molecule is Cc1cccc(NC(=O)CNC(=O)c2ccc(S(=O)(=O)N3CCCC[C@@H]3C)cc2)c1C. The molecule has 1 fully saturated rings. The smallest absolute Gasteiger partial charge is 0.251 e. The van der Waals surface area contributed by atoms with E-state index in [0.29, 0.717) is 17.8 Å². The van der Waals surface area contributed by atoms with Gasteiger partial charge >= 0.3 is 0 Å². The Balaban J connectivity index is 1.60. The Morgan fingerprint density at radius 2 is 1.77 bits per heavy atom. The van der Waals surface area contributed by atoms with Gasteiger partial charge in [0.1, 0.15) is 0 Å². The first kappa shape index (κ1) is 23.0. The highest BCUT2D eigenvalue weighted by Crippen LogP contribution is 2.25. The van der Waals surface area contributed by atoms with Gasteiger partial charge in [-0.3, -0.25) is 9.59 Å². The monoisotopic (exact) mass is 443 g/mol. The number of piperidine rings is 1. The molecule has 0 bridgehead atoms. The van der Waals surface area contributed by atoms with Gasteiger partial charge in [-0.1, -0.05) is 18.6 Å². The summed E-state index contributed by atoms with van der Waals surface area (Å²) in [6.45, 7) is 6.13. The van der Waals surface area contributed by atoms with Gasteiger partial charge in [-0.05, 0) is 75.1 Å². The number of carbonyl (C=O) groups excluding carboxylic acids is 2. The predicted molar refractivity (Wildman–Crippen MR) is 121 cm³/mol. The Hall–Kier alpha value is -2.71. The van der Waals surface area contributed by atoms with E-state index < -0.39 is 15.9 Å². The van der Waals surface area contributed by atoms with Crippen LogP contribution in [0.4, 0.5) is 5.69 Å². The van der Waals surface area contributed by atoms with Gasteiger partial charge in [0.05, 0.1) is 11.4 Å². The minimum Gasteiger partial charge on any atom is -0.343 e. The number of nitrogens with zero attached hydrogens (tertiary/aromatic N) is 1. The Morgan fingerprint density at radius 1 is 1.06 bits per heavy atom. The topological polar surface area (TPSA) is 95.6 Å². The number of sulfonamides is 1. The molecule has 1 aliphatic rings. The Labute approximate surface area is 183 Å². The second-order valence-electron chi connectivity index (χ2n) is 7.96. The number of hydrogen-bond acceptors (Lipinski definition) is 4. The molecule has 1 atom stereocenters. The zero-order valence-electron chi connectivity index (χ0n) is 18.1. The van der Waals surface area contributed by atoms with Gasteiger partial charge < -0.3 is 10.6 Å². The van der Waals surface area contributed by atoms with E-state index in [0.717, 1.165) is 30.4 Å². The summed E-state index contributed by atoms with van der Waals surface area (Å²) < 4.78 is 27.3. The number of aryl methyl sites for hydroxylation is 1. The van der Waals surface area contributed by atoms with Gasteiger partial charge in [-0.15, -0.1) is 0 Å². The van der Waals surface area contributed by atoms with Crippen LogP contribution in [0.25, 0.3) is 0 Å². The van der Waals surface area contributed by atoms with Crippen molar-refractivity contribution in [2.24, 2.45) is 0 Å². The van der Waals surface area contributed by atoms with Crippen molar-refractivity contribution in [1.82, 2.24) is 9.62 Å². The van der Waals surface area contributed by atoms with E-state index in [4.69, 9.17) is 0 Å². The summed E-state index contributed by atoms with van der Waals surface area (Å²) in [6.07, 6.45) is 2.74. The van der Waals surface area contributed by atoms with Crippen LogP contribution in [0.1, 0.15) is 47.7 Å². The van der Waals surface area contributed by atoms with Crippen molar-refractivity contribution < 1.29 is 18.0 Å². The summed E-state index contributed by atoms with van der Waals surface area (Å²) in [5, 5.41) is 5.36. The van der Waals surface area contributed by atoms with E-state index in [1.807, 2.05) is 39.0 Å². The predicted octanol–water partition coefficient (Wildman–Crippen LogP) is 3.24. The highest BCUT2D eigenvalue weighted by atomic mass is 32.2. The number of rotatable bonds is 6. The lowest BCUT2D eigenvalue weighted by Gasteiger charge is -2.32.